The number of para-hydroxylation sites is 6. The Hall–Kier alpha value is -4.05. The van der Waals surface area contributed by atoms with Gasteiger partial charge in [0, 0.05) is 31.9 Å². The first-order chi connectivity index (χ1) is 15.7. The predicted octanol–water partition coefficient (Wildman–Crippen LogP) is 6.34. The fraction of sp³-hybridized carbons (Fsp3) is 0.107. The van der Waals surface area contributed by atoms with Gasteiger partial charge < -0.3 is 9.47 Å². The van der Waals surface area contributed by atoms with Gasteiger partial charge in [-0.1, -0.05) is 60.7 Å². The summed E-state index contributed by atoms with van der Waals surface area (Å²) in [5, 5.41) is 0. The van der Waals surface area contributed by atoms with E-state index in [-0.39, 0.29) is 0 Å². The number of fused-ring (bicyclic) bond motifs is 7. The normalized spacial score (nSPS) is 12.5. The average molecular weight is 417 g/mol. The van der Waals surface area contributed by atoms with Crippen LogP contribution in [0.25, 0.3) is 27.8 Å². The first-order valence-electron chi connectivity index (χ1n) is 10.9. The van der Waals surface area contributed by atoms with Crippen LogP contribution in [0.4, 0.5) is 11.4 Å². The fourth-order valence-corrected chi connectivity index (χ4v) is 4.83. The number of rotatable bonds is 0. The second-order valence-electron chi connectivity index (χ2n) is 8.28. The highest BCUT2D eigenvalue weighted by molar-refractivity contribution is 5.90. The van der Waals surface area contributed by atoms with E-state index >= 15 is 0 Å². The van der Waals surface area contributed by atoms with Crippen molar-refractivity contribution in [3.63, 3.8) is 0 Å². The molecule has 0 saturated carbocycles. The fourth-order valence-electron chi connectivity index (χ4n) is 4.83. The Morgan fingerprint density at radius 2 is 1.12 bits per heavy atom. The highest BCUT2D eigenvalue weighted by Crippen LogP contribution is 2.36. The maximum absolute atomic E-state index is 4.68. The van der Waals surface area contributed by atoms with Crippen molar-refractivity contribution in [3.05, 3.63) is 108 Å². The lowest BCUT2D eigenvalue weighted by Crippen LogP contribution is -2.18. The topological polar surface area (TPSA) is 25.5 Å². The Bertz CT molecular complexity index is 1540. The van der Waals surface area contributed by atoms with Crippen LogP contribution >= 0.6 is 0 Å². The van der Waals surface area contributed by atoms with Crippen molar-refractivity contribution in [1.29, 1.82) is 0 Å². The Morgan fingerprint density at radius 1 is 0.594 bits per heavy atom. The molecule has 0 saturated heterocycles. The molecule has 0 fully saturated rings. The van der Waals surface area contributed by atoms with Crippen LogP contribution in [0.2, 0.25) is 0 Å². The van der Waals surface area contributed by atoms with E-state index in [2.05, 4.69) is 124 Å². The van der Waals surface area contributed by atoms with Crippen molar-refractivity contribution in [3.8, 4) is 0 Å². The number of aromatic nitrogens is 3. The van der Waals surface area contributed by atoms with Gasteiger partial charge in [-0.05, 0) is 47.5 Å². The van der Waals surface area contributed by atoms with Crippen molar-refractivity contribution in [2.45, 2.75) is 6.42 Å². The van der Waals surface area contributed by atoms with Crippen molar-refractivity contribution in [2.75, 3.05) is 11.9 Å². The van der Waals surface area contributed by atoms with Gasteiger partial charge in [0.15, 0.2) is 0 Å². The molecule has 0 spiro atoms. The zero-order valence-electron chi connectivity index (χ0n) is 18.2. The number of aryl methyl sites for hydroxylation is 1. The molecule has 0 unspecified atom stereocenters. The van der Waals surface area contributed by atoms with E-state index in [0.29, 0.717) is 0 Å². The molecule has 2 aromatic heterocycles. The third-order valence-corrected chi connectivity index (χ3v) is 6.41. The van der Waals surface area contributed by atoms with Crippen LogP contribution in [0.15, 0.2) is 97.1 Å². The van der Waals surface area contributed by atoms with Gasteiger partial charge in [0.2, 0.25) is 5.78 Å². The van der Waals surface area contributed by atoms with E-state index in [1.807, 2.05) is 6.07 Å². The van der Waals surface area contributed by atoms with Crippen molar-refractivity contribution < 1.29 is 0 Å². The number of hydrogen-bond acceptors (Lipinski definition) is 2. The van der Waals surface area contributed by atoms with Gasteiger partial charge in [-0.15, -0.1) is 0 Å². The first kappa shape index (κ1) is 18.7. The largest absolute Gasteiger partial charge is 0.344 e. The number of nitrogens with zero attached hydrogens (tertiary/aromatic N) is 4. The highest BCUT2D eigenvalue weighted by Gasteiger charge is 2.18. The second kappa shape index (κ2) is 7.27. The summed E-state index contributed by atoms with van der Waals surface area (Å²) in [6, 6.07) is 33.8. The predicted molar refractivity (Wildman–Crippen MR) is 133 cm³/mol. The Kier molecular flexibility index (Phi) is 4.25. The van der Waals surface area contributed by atoms with Gasteiger partial charge in [-0.3, -0.25) is 4.40 Å². The van der Waals surface area contributed by atoms with Crippen molar-refractivity contribution >= 4 is 39.2 Å². The molecule has 0 N–H and O–H groups in total. The standard InChI is InChI=1S/C14H11N3.C14H13N/c1-16-12-8-4-5-9-13(12)17-11-7-3-2-6-10(11)15-14(16)17;1-15-13-8-4-2-6-11(13)10-12-7-3-5-9-14(12)15/h2-9H,1H3;2-9H,10H2,1H3. The minimum absolute atomic E-state index is 0.993. The zero-order chi connectivity index (χ0) is 21.7. The lowest BCUT2D eigenvalue weighted by atomic mass is 9.96. The monoisotopic (exact) mass is 416 g/mol. The maximum atomic E-state index is 4.68. The van der Waals surface area contributed by atoms with Gasteiger partial charge in [-0.2, -0.15) is 0 Å². The van der Waals surface area contributed by atoms with E-state index in [9.17, 15) is 0 Å². The van der Waals surface area contributed by atoms with Gasteiger partial charge in [-0.25, -0.2) is 4.98 Å². The summed E-state index contributed by atoms with van der Waals surface area (Å²) in [5.41, 5.74) is 10.1. The van der Waals surface area contributed by atoms with Crippen LogP contribution in [0.1, 0.15) is 11.1 Å². The van der Waals surface area contributed by atoms with E-state index < -0.39 is 0 Å². The lowest BCUT2D eigenvalue weighted by molar-refractivity contribution is 0.973. The minimum atomic E-state index is 0.993. The molecule has 4 nitrogen and oxygen atoms in total. The molecule has 32 heavy (non-hydrogen) atoms. The van der Waals surface area contributed by atoms with Gasteiger partial charge in [0.25, 0.3) is 0 Å². The number of benzene rings is 4. The van der Waals surface area contributed by atoms with E-state index in [1.54, 1.807) is 0 Å². The molecule has 4 aromatic carbocycles. The summed E-state index contributed by atoms with van der Waals surface area (Å²) < 4.78 is 4.35. The van der Waals surface area contributed by atoms with Crippen LogP contribution < -0.4 is 4.90 Å². The van der Waals surface area contributed by atoms with Crippen LogP contribution in [0, 0.1) is 0 Å². The molecule has 0 atom stereocenters. The summed E-state index contributed by atoms with van der Waals surface area (Å²) >= 11 is 0. The van der Waals surface area contributed by atoms with Gasteiger partial charge >= 0.3 is 0 Å². The molecule has 0 aliphatic carbocycles. The molecule has 4 heteroatoms. The third-order valence-electron chi connectivity index (χ3n) is 6.41. The van der Waals surface area contributed by atoms with Crippen LogP contribution in [0.5, 0.6) is 0 Å². The van der Waals surface area contributed by atoms with Crippen molar-refractivity contribution in [1.82, 2.24) is 14.0 Å². The Morgan fingerprint density at radius 3 is 1.81 bits per heavy atom. The van der Waals surface area contributed by atoms with Crippen molar-refractivity contribution in [2.24, 2.45) is 7.05 Å². The highest BCUT2D eigenvalue weighted by atomic mass is 15.2. The number of imidazole rings is 2. The molecule has 6 aromatic rings. The molecule has 156 valence electrons. The summed E-state index contributed by atoms with van der Waals surface area (Å²) in [6.07, 6.45) is 1.05. The number of hydrogen-bond donors (Lipinski definition) is 0. The second-order valence-corrected chi connectivity index (χ2v) is 8.28. The quantitative estimate of drug-likeness (QED) is 0.289. The minimum Gasteiger partial charge on any atom is -0.344 e. The lowest BCUT2D eigenvalue weighted by Gasteiger charge is -2.29. The summed E-state index contributed by atoms with van der Waals surface area (Å²) in [5.74, 6) is 0.993. The summed E-state index contributed by atoms with van der Waals surface area (Å²) in [6.45, 7) is 0. The maximum Gasteiger partial charge on any atom is 0.215 e. The summed E-state index contributed by atoms with van der Waals surface area (Å²) in [4.78, 5) is 6.95. The molecule has 0 bridgehead atoms. The average Bonchev–Trinajstić information content (AvgIpc) is 3.36. The smallest absolute Gasteiger partial charge is 0.215 e. The molecular weight excluding hydrogens is 392 g/mol. The van der Waals surface area contributed by atoms with Gasteiger partial charge in [0.05, 0.1) is 22.1 Å². The third kappa shape index (κ3) is 2.80. The van der Waals surface area contributed by atoms with Gasteiger partial charge in [0.1, 0.15) is 0 Å². The Balaban J connectivity index is 0.000000123. The van der Waals surface area contributed by atoms with Crippen LogP contribution in [-0.4, -0.2) is 21.0 Å². The van der Waals surface area contributed by atoms with E-state index in [4.69, 9.17) is 0 Å². The van der Waals surface area contributed by atoms with E-state index in [0.717, 1.165) is 17.7 Å². The molecule has 0 radical (unpaired) electrons. The number of anilines is 2. The van der Waals surface area contributed by atoms with E-state index in [1.165, 1.54) is 39.1 Å². The molecule has 3 heterocycles. The molecule has 1 aliphatic rings. The Labute approximate surface area is 187 Å². The van der Waals surface area contributed by atoms with Crippen LogP contribution in [-0.2, 0) is 13.5 Å². The zero-order valence-corrected chi connectivity index (χ0v) is 18.2. The molecule has 0 amide bonds. The first-order valence-corrected chi connectivity index (χ1v) is 10.9. The summed E-state index contributed by atoms with van der Waals surface area (Å²) in [7, 11) is 4.19. The molecular formula is C28H24N4. The van der Waals surface area contributed by atoms with Crippen LogP contribution in [0.3, 0.4) is 0 Å². The SMILES string of the molecule is CN1c2ccccc2Cc2ccccc21.Cn1c2ccccc2n2c3ccccc3nc12. The molecule has 7 rings (SSSR count). The molecule has 1 aliphatic heterocycles.